The third-order valence-corrected chi connectivity index (χ3v) is 6.52. The molecular formula is C25H27FN4O2S. The van der Waals surface area contributed by atoms with Crippen molar-refractivity contribution in [1.82, 2.24) is 14.7 Å². The van der Waals surface area contributed by atoms with Crippen LogP contribution in [0.15, 0.2) is 71.6 Å². The van der Waals surface area contributed by atoms with E-state index < -0.39 is 11.8 Å². The number of carbonyl (C=O) groups excluding carboxylic acids is 1. The normalized spacial score (nSPS) is 14.1. The van der Waals surface area contributed by atoms with Crippen LogP contribution in [0.25, 0.3) is 16.6 Å². The molecule has 4 aromatic rings. The number of thiophene rings is 1. The summed E-state index contributed by atoms with van der Waals surface area (Å²) >= 11 is 1.42. The van der Waals surface area contributed by atoms with Gasteiger partial charge in [0.2, 0.25) is 0 Å². The summed E-state index contributed by atoms with van der Waals surface area (Å²) < 4.78 is 16.5. The van der Waals surface area contributed by atoms with E-state index >= 15 is 0 Å². The molecule has 0 spiro atoms. The lowest BCUT2D eigenvalue weighted by atomic mass is 9.97. The Bertz CT molecular complexity index is 1210. The first-order valence-corrected chi connectivity index (χ1v) is 11.8. The number of anilines is 1. The first-order valence-electron chi connectivity index (χ1n) is 10.9. The van der Waals surface area contributed by atoms with E-state index in [1.165, 1.54) is 23.2 Å². The summed E-state index contributed by atoms with van der Waals surface area (Å²) in [7, 11) is 0. The van der Waals surface area contributed by atoms with Crippen LogP contribution in [-0.2, 0) is 0 Å². The number of para-hydroxylation sites is 1. The van der Waals surface area contributed by atoms with Crippen LogP contribution in [0.1, 0.15) is 24.2 Å². The maximum absolute atomic E-state index is 14.7. The molecule has 0 radical (unpaired) electrons. The van der Waals surface area contributed by atoms with Gasteiger partial charge in [-0.1, -0.05) is 24.3 Å². The van der Waals surface area contributed by atoms with E-state index in [1.54, 1.807) is 17.6 Å². The molecule has 0 saturated carbocycles. The van der Waals surface area contributed by atoms with Gasteiger partial charge in [-0.3, -0.25) is 4.79 Å². The van der Waals surface area contributed by atoms with E-state index in [0.717, 1.165) is 22.3 Å². The van der Waals surface area contributed by atoms with Gasteiger partial charge >= 0.3 is 0 Å². The molecule has 2 aromatic heterocycles. The van der Waals surface area contributed by atoms with Crippen molar-refractivity contribution in [1.29, 1.82) is 0 Å². The smallest absolute Gasteiger partial charge is 0.254 e. The van der Waals surface area contributed by atoms with Gasteiger partial charge in [-0.25, -0.2) is 9.07 Å². The third kappa shape index (κ3) is 4.77. The molecule has 1 amide bonds. The van der Waals surface area contributed by atoms with Crippen LogP contribution >= 0.6 is 11.3 Å². The van der Waals surface area contributed by atoms with Gasteiger partial charge in [-0.15, -0.1) is 0 Å². The Morgan fingerprint density at radius 2 is 2.03 bits per heavy atom. The Morgan fingerprint density at radius 3 is 2.70 bits per heavy atom. The highest BCUT2D eigenvalue weighted by atomic mass is 32.1. The highest BCUT2D eigenvalue weighted by molar-refractivity contribution is 7.08. The fourth-order valence-electron chi connectivity index (χ4n) is 3.78. The number of benzene rings is 2. The minimum Gasteiger partial charge on any atom is -0.383 e. The average Bonchev–Trinajstić information content (AvgIpc) is 3.52. The average molecular weight is 467 g/mol. The van der Waals surface area contributed by atoms with E-state index in [1.807, 2.05) is 65.5 Å². The minimum atomic E-state index is -1.76. The fourth-order valence-corrected chi connectivity index (χ4v) is 4.41. The predicted molar refractivity (Wildman–Crippen MR) is 131 cm³/mol. The zero-order chi connectivity index (χ0) is 23.4. The summed E-state index contributed by atoms with van der Waals surface area (Å²) in [6.07, 6.45) is 0.196. The van der Waals surface area contributed by atoms with Gasteiger partial charge in [0.25, 0.3) is 5.91 Å². The number of hydrogen-bond donors (Lipinski definition) is 2. The number of carbonyl (C=O) groups is 1. The maximum atomic E-state index is 14.7. The van der Waals surface area contributed by atoms with Crippen LogP contribution < -0.4 is 5.32 Å². The van der Waals surface area contributed by atoms with E-state index in [-0.39, 0.29) is 19.0 Å². The number of aliphatic hydroxyl groups is 1. The number of nitrogens with one attached hydrogen (secondary N) is 1. The number of alkyl halides is 1. The number of fused-ring (bicyclic) bond motifs is 1. The molecule has 2 unspecified atom stereocenters. The summed E-state index contributed by atoms with van der Waals surface area (Å²) in [5, 5.41) is 23.3. The van der Waals surface area contributed by atoms with Crippen molar-refractivity contribution in [2.75, 3.05) is 25.0 Å². The van der Waals surface area contributed by atoms with Crippen molar-refractivity contribution in [3.8, 4) is 5.69 Å². The molecule has 0 aliphatic heterocycles. The van der Waals surface area contributed by atoms with Crippen molar-refractivity contribution >= 4 is 33.8 Å². The Hall–Kier alpha value is -3.23. The van der Waals surface area contributed by atoms with Crippen molar-refractivity contribution in [3.63, 3.8) is 0 Å². The summed E-state index contributed by atoms with van der Waals surface area (Å²) in [6.45, 7) is 3.32. The van der Waals surface area contributed by atoms with Gasteiger partial charge in [0.15, 0.2) is 0 Å². The van der Waals surface area contributed by atoms with Gasteiger partial charge in [0.1, 0.15) is 11.8 Å². The zero-order valence-corrected chi connectivity index (χ0v) is 19.4. The molecular weight excluding hydrogens is 439 g/mol. The second-order valence-corrected chi connectivity index (χ2v) is 8.81. The summed E-state index contributed by atoms with van der Waals surface area (Å²) in [4.78, 5) is 14.3. The Kier molecular flexibility index (Phi) is 6.76. The second kappa shape index (κ2) is 9.72. The largest absolute Gasteiger partial charge is 0.383 e. The standard InChI is InChI=1S/C25H27FN4O2S/c1-3-29(24(31)19-12-13-33-15-19)17-25(32,18(2)26)16-27-22-10-7-11-23-21(22)14-28-30(23)20-8-5-4-6-9-20/h4-15,18,27,32H,3,16-17H2,1-2H3. The molecule has 8 heteroatoms. The highest BCUT2D eigenvalue weighted by Gasteiger charge is 2.37. The number of aromatic nitrogens is 2. The first-order chi connectivity index (χ1) is 15.9. The Labute approximate surface area is 196 Å². The molecule has 0 aliphatic rings. The number of halogens is 1. The van der Waals surface area contributed by atoms with Gasteiger partial charge in [-0.05, 0) is 49.6 Å². The number of hydrogen-bond acceptors (Lipinski definition) is 5. The molecule has 2 atom stereocenters. The predicted octanol–water partition coefficient (Wildman–Crippen LogP) is 4.75. The van der Waals surface area contributed by atoms with Crippen LogP contribution in [0.3, 0.4) is 0 Å². The van der Waals surface area contributed by atoms with Gasteiger partial charge < -0.3 is 15.3 Å². The lowest BCUT2D eigenvalue weighted by Crippen LogP contribution is -2.54. The molecule has 33 heavy (non-hydrogen) atoms. The second-order valence-electron chi connectivity index (χ2n) is 8.03. The van der Waals surface area contributed by atoms with Crippen LogP contribution in [0.2, 0.25) is 0 Å². The highest BCUT2D eigenvalue weighted by Crippen LogP contribution is 2.27. The van der Waals surface area contributed by atoms with E-state index in [4.69, 9.17) is 0 Å². The molecule has 0 fully saturated rings. The van der Waals surface area contributed by atoms with Gasteiger partial charge in [0, 0.05) is 29.5 Å². The maximum Gasteiger partial charge on any atom is 0.254 e. The topological polar surface area (TPSA) is 70.4 Å². The molecule has 4 rings (SSSR count). The lowest BCUT2D eigenvalue weighted by Gasteiger charge is -2.35. The van der Waals surface area contributed by atoms with Crippen LogP contribution in [0, 0.1) is 0 Å². The van der Waals surface area contributed by atoms with Crippen molar-refractivity contribution in [2.45, 2.75) is 25.6 Å². The summed E-state index contributed by atoms with van der Waals surface area (Å²) in [6, 6.07) is 17.2. The molecule has 0 bridgehead atoms. The Morgan fingerprint density at radius 1 is 1.24 bits per heavy atom. The quantitative estimate of drug-likeness (QED) is 0.374. The third-order valence-electron chi connectivity index (χ3n) is 5.84. The van der Waals surface area contributed by atoms with Crippen molar-refractivity contribution in [3.05, 3.63) is 77.1 Å². The summed E-state index contributed by atoms with van der Waals surface area (Å²) in [5.74, 6) is -0.218. The molecule has 172 valence electrons. The Balaban J connectivity index is 1.55. The van der Waals surface area contributed by atoms with Gasteiger partial charge in [-0.2, -0.15) is 16.4 Å². The molecule has 6 nitrogen and oxygen atoms in total. The minimum absolute atomic E-state index is 0.0618. The van der Waals surface area contributed by atoms with Crippen LogP contribution in [-0.4, -0.2) is 57.1 Å². The van der Waals surface area contributed by atoms with Crippen molar-refractivity contribution < 1.29 is 14.3 Å². The van der Waals surface area contributed by atoms with Gasteiger partial charge in [0.05, 0.1) is 29.5 Å². The number of rotatable bonds is 9. The number of likely N-dealkylation sites (N-methyl/N-ethyl adjacent to an activating group) is 1. The number of nitrogens with zero attached hydrogens (tertiary/aromatic N) is 3. The van der Waals surface area contributed by atoms with Crippen molar-refractivity contribution in [2.24, 2.45) is 0 Å². The summed E-state index contributed by atoms with van der Waals surface area (Å²) in [5.41, 5.74) is 1.34. The molecule has 0 aliphatic carbocycles. The van der Waals surface area contributed by atoms with E-state index in [0.29, 0.717) is 12.1 Å². The van der Waals surface area contributed by atoms with Crippen LogP contribution in [0.5, 0.6) is 0 Å². The lowest BCUT2D eigenvalue weighted by molar-refractivity contribution is -0.0369. The molecule has 2 heterocycles. The monoisotopic (exact) mass is 466 g/mol. The zero-order valence-electron chi connectivity index (χ0n) is 18.6. The number of amides is 1. The molecule has 2 N–H and O–H groups in total. The molecule has 0 saturated heterocycles. The van der Waals surface area contributed by atoms with E-state index in [9.17, 15) is 14.3 Å². The first kappa shape index (κ1) is 22.9. The van der Waals surface area contributed by atoms with Crippen LogP contribution in [0.4, 0.5) is 10.1 Å². The molecule has 2 aromatic carbocycles. The van der Waals surface area contributed by atoms with E-state index in [2.05, 4.69) is 10.4 Å². The fraction of sp³-hybridized carbons (Fsp3) is 0.280. The SMILES string of the molecule is CCN(CC(O)(CNc1cccc2c1cnn2-c1ccccc1)C(C)F)C(=O)c1ccsc1.